The van der Waals surface area contributed by atoms with E-state index in [0.717, 1.165) is 67.0 Å². The lowest BCUT2D eigenvalue weighted by molar-refractivity contribution is -0.141. The number of methoxy groups -OCH3 is 1. The highest BCUT2D eigenvalue weighted by atomic mass is 16.5. The summed E-state index contributed by atoms with van der Waals surface area (Å²) in [7, 11) is 1.68. The van der Waals surface area contributed by atoms with Crippen LogP contribution >= 0.6 is 0 Å². The summed E-state index contributed by atoms with van der Waals surface area (Å²) in [6.45, 7) is 6.54. The van der Waals surface area contributed by atoms with E-state index in [0.29, 0.717) is 13.1 Å². The Balaban J connectivity index is 1.48. The van der Waals surface area contributed by atoms with Gasteiger partial charge in [0, 0.05) is 56.3 Å². The van der Waals surface area contributed by atoms with Crippen molar-refractivity contribution >= 4 is 11.8 Å². The number of rotatable bonds is 4. The smallest absolute Gasteiger partial charge is 0.225 e. The molecule has 0 unspecified atom stereocenters. The number of carbonyl (C=O) groups excluding carboxylic acids is 2. The summed E-state index contributed by atoms with van der Waals surface area (Å²) >= 11 is 0. The predicted molar refractivity (Wildman–Crippen MR) is 124 cm³/mol. The van der Waals surface area contributed by atoms with Gasteiger partial charge in [-0.3, -0.25) is 14.6 Å². The van der Waals surface area contributed by atoms with Crippen molar-refractivity contribution in [3.63, 3.8) is 0 Å². The van der Waals surface area contributed by atoms with Crippen LogP contribution in [0.2, 0.25) is 0 Å². The first-order chi connectivity index (χ1) is 15.4. The molecule has 32 heavy (non-hydrogen) atoms. The molecular weight excluding hydrogens is 402 g/mol. The molecule has 170 valence electrons. The Labute approximate surface area is 190 Å². The Morgan fingerprint density at radius 1 is 1.00 bits per heavy atom. The second-order valence-corrected chi connectivity index (χ2v) is 9.06. The van der Waals surface area contributed by atoms with E-state index in [1.54, 1.807) is 14.0 Å². The van der Waals surface area contributed by atoms with Gasteiger partial charge in [0.05, 0.1) is 7.11 Å². The van der Waals surface area contributed by atoms with E-state index in [9.17, 15) is 9.59 Å². The second kappa shape index (κ2) is 9.72. The van der Waals surface area contributed by atoms with E-state index >= 15 is 0 Å². The number of likely N-dealkylation sites (tertiary alicyclic amines) is 2. The molecule has 0 radical (unpaired) electrons. The van der Waals surface area contributed by atoms with E-state index in [1.165, 1.54) is 0 Å². The number of ether oxygens (including phenoxy) is 1. The van der Waals surface area contributed by atoms with E-state index < -0.39 is 0 Å². The Morgan fingerprint density at radius 3 is 2.50 bits per heavy atom. The van der Waals surface area contributed by atoms with Gasteiger partial charge in [-0.25, -0.2) is 0 Å². The lowest BCUT2D eigenvalue weighted by atomic mass is 9.89. The summed E-state index contributed by atoms with van der Waals surface area (Å²) in [4.78, 5) is 33.5. The van der Waals surface area contributed by atoms with Gasteiger partial charge in [0.25, 0.3) is 0 Å². The normalized spacial score (nSPS) is 19.7. The van der Waals surface area contributed by atoms with Crippen molar-refractivity contribution in [3.8, 4) is 16.9 Å². The zero-order valence-corrected chi connectivity index (χ0v) is 19.3. The summed E-state index contributed by atoms with van der Waals surface area (Å²) < 4.78 is 5.39. The molecule has 2 fully saturated rings. The molecular formula is C26H33N3O3. The monoisotopic (exact) mass is 435 g/mol. The van der Waals surface area contributed by atoms with Crippen LogP contribution in [0.3, 0.4) is 0 Å². The van der Waals surface area contributed by atoms with Crippen molar-refractivity contribution in [2.45, 2.75) is 45.4 Å². The molecule has 1 aromatic heterocycles. The highest BCUT2D eigenvalue weighted by Gasteiger charge is 2.32. The topological polar surface area (TPSA) is 62.7 Å². The summed E-state index contributed by atoms with van der Waals surface area (Å²) in [5.41, 5.74) is 4.29. The number of amides is 2. The van der Waals surface area contributed by atoms with Crippen LogP contribution < -0.4 is 4.74 Å². The Morgan fingerprint density at radius 2 is 1.78 bits per heavy atom. The molecule has 0 bridgehead atoms. The largest absolute Gasteiger partial charge is 0.497 e. The van der Waals surface area contributed by atoms with Gasteiger partial charge in [0.2, 0.25) is 11.8 Å². The number of benzene rings is 1. The maximum atomic E-state index is 13.2. The number of hydrogen-bond acceptors (Lipinski definition) is 4. The minimum absolute atomic E-state index is 0.0298. The van der Waals surface area contributed by atoms with Gasteiger partial charge >= 0.3 is 0 Å². The lowest BCUT2D eigenvalue weighted by Crippen LogP contribution is -2.46. The molecule has 1 aromatic carbocycles. The number of carbonyl (C=O) groups is 2. The molecule has 0 N–H and O–H groups in total. The maximum Gasteiger partial charge on any atom is 0.225 e. The summed E-state index contributed by atoms with van der Waals surface area (Å²) in [5.74, 6) is 1.46. The number of pyridine rings is 1. The molecule has 2 aromatic rings. The Kier molecular flexibility index (Phi) is 6.77. The van der Waals surface area contributed by atoms with Gasteiger partial charge in [-0.2, -0.15) is 0 Å². The minimum atomic E-state index is 0.0298. The molecule has 2 amide bonds. The van der Waals surface area contributed by atoms with Gasteiger partial charge < -0.3 is 14.5 Å². The average molecular weight is 436 g/mol. The van der Waals surface area contributed by atoms with Crippen molar-refractivity contribution in [2.24, 2.45) is 5.92 Å². The molecule has 3 heterocycles. The van der Waals surface area contributed by atoms with Crippen LogP contribution in [-0.4, -0.2) is 59.9 Å². The molecule has 6 nitrogen and oxygen atoms in total. The zero-order valence-electron chi connectivity index (χ0n) is 19.3. The van der Waals surface area contributed by atoms with Crippen molar-refractivity contribution in [1.29, 1.82) is 0 Å². The first-order valence-electron chi connectivity index (χ1n) is 11.6. The lowest BCUT2D eigenvalue weighted by Gasteiger charge is -2.37. The molecule has 4 rings (SSSR count). The zero-order chi connectivity index (χ0) is 22.7. The number of piperidine rings is 2. The second-order valence-electron chi connectivity index (χ2n) is 9.06. The minimum Gasteiger partial charge on any atom is -0.497 e. The van der Waals surface area contributed by atoms with E-state index in [4.69, 9.17) is 9.72 Å². The Bertz CT molecular complexity index is 982. The number of nitrogens with zero attached hydrogens (tertiary/aromatic N) is 3. The third-order valence-corrected chi connectivity index (χ3v) is 6.82. The van der Waals surface area contributed by atoms with Crippen LogP contribution in [0.25, 0.3) is 11.1 Å². The fourth-order valence-corrected chi connectivity index (χ4v) is 4.99. The van der Waals surface area contributed by atoms with Gasteiger partial charge in [-0.15, -0.1) is 0 Å². The molecule has 2 saturated heterocycles. The highest BCUT2D eigenvalue weighted by Crippen LogP contribution is 2.32. The quantitative estimate of drug-likeness (QED) is 0.727. The summed E-state index contributed by atoms with van der Waals surface area (Å²) in [6, 6.07) is 12.4. The van der Waals surface area contributed by atoms with Crippen molar-refractivity contribution < 1.29 is 14.3 Å². The van der Waals surface area contributed by atoms with Crippen LogP contribution in [0.1, 0.15) is 49.9 Å². The van der Waals surface area contributed by atoms with E-state index in [2.05, 4.69) is 18.2 Å². The fourth-order valence-electron chi connectivity index (χ4n) is 4.99. The highest BCUT2D eigenvalue weighted by molar-refractivity contribution is 5.80. The molecule has 0 saturated carbocycles. The first-order valence-corrected chi connectivity index (χ1v) is 11.6. The number of aryl methyl sites for hydroxylation is 1. The van der Waals surface area contributed by atoms with Crippen LogP contribution in [0, 0.1) is 12.8 Å². The van der Waals surface area contributed by atoms with Crippen LogP contribution in [-0.2, 0) is 9.59 Å². The Hall–Kier alpha value is -2.89. The molecule has 0 spiro atoms. The van der Waals surface area contributed by atoms with Gasteiger partial charge in [-0.1, -0.05) is 12.1 Å². The third-order valence-electron chi connectivity index (χ3n) is 6.82. The summed E-state index contributed by atoms with van der Waals surface area (Å²) in [6.07, 6.45) is 3.57. The van der Waals surface area contributed by atoms with Gasteiger partial charge in [0.15, 0.2) is 0 Å². The van der Waals surface area contributed by atoms with Gasteiger partial charge in [-0.05, 0) is 68.0 Å². The summed E-state index contributed by atoms with van der Waals surface area (Å²) in [5, 5.41) is 0. The van der Waals surface area contributed by atoms with E-state index in [1.807, 2.05) is 34.9 Å². The molecule has 1 atom stereocenters. The van der Waals surface area contributed by atoms with Crippen molar-refractivity contribution in [2.75, 3.05) is 33.3 Å². The van der Waals surface area contributed by atoms with E-state index in [-0.39, 0.29) is 23.7 Å². The average Bonchev–Trinajstić information content (AvgIpc) is 2.83. The van der Waals surface area contributed by atoms with Crippen LogP contribution in [0.5, 0.6) is 5.75 Å². The van der Waals surface area contributed by atoms with Crippen molar-refractivity contribution in [3.05, 3.63) is 47.8 Å². The SMILES string of the molecule is COc1cccc(-c2cc(C)nc([C@H]3CCCN(C(=O)C4CCN(C(C)=O)CC4)C3)c2)c1. The molecule has 2 aliphatic rings. The molecule has 6 heteroatoms. The maximum absolute atomic E-state index is 13.2. The standard InChI is InChI=1S/C26H33N3O3/c1-18-14-23(21-6-4-8-24(15-21)32-3)16-25(27-18)22-7-5-11-29(17-22)26(31)20-9-12-28(13-10-20)19(2)30/h4,6,8,14-16,20,22H,5,7,9-13,17H2,1-3H3/t22-/m0/s1. The van der Waals surface area contributed by atoms with Crippen LogP contribution in [0.15, 0.2) is 36.4 Å². The molecule has 0 aliphatic carbocycles. The number of aromatic nitrogens is 1. The fraction of sp³-hybridized carbons (Fsp3) is 0.500. The molecule has 2 aliphatic heterocycles. The number of hydrogen-bond donors (Lipinski definition) is 0. The van der Waals surface area contributed by atoms with Crippen molar-refractivity contribution in [1.82, 2.24) is 14.8 Å². The first kappa shape index (κ1) is 22.3. The van der Waals surface area contributed by atoms with Crippen LogP contribution in [0.4, 0.5) is 0 Å². The van der Waals surface area contributed by atoms with Gasteiger partial charge in [0.1, 0.15) is 5.75 Å². The predicted octanol–water partition coefficient (Wildman–Crippen LogP) is 4.03. The third kappa shape index (κ3) is 4.95.